The number of hydrogen-bond donors (Lipinski definition) is 1. The summed E-state index contributed by atoms with van der Waals surface area (Å²) >= 11 is 0. The van der Waals surface area contributed by atoms with Crippen LogP contribution in [0.15, 0.2) is 0 Å². The smallest absolute Gasteiger partial charge is 0.0680 e. The fourth-order valence-corrected chi connectivity index (χ4v) is 5.06. The fourth-order valence-electron chi connectivity index (χ4n) is 5.06. The SMILES string of the molecule is CC1(C)CC(C2(N)CCCC(C(C)(C)C)CC2)C(C)(C)O1. The van der Waals surface area contributed by atoms with Crippen molar-refractivity contribution in [3.05, 3.63) is 0 Å². The topological polar surface area (TPSA) is 35.2 Å². The van der Waals surface area contributed by atoms with Gasteiger partial charge in [0.1, 0.15) is 0 Å². The maximum absolute atomic E-state index is 6.99. The highest BCUT2D eigenvalue weighted by atomic mass is 16.5. The van der Waals surface area contributed by atoms with Crippen LogP contribution in [-0.4, -0.2) is 16.7 Å². The van der Waals surface area contributed by atoms with E-state index in [1.807, 2.05) is 0 Å². The molecule has 3 atom stereocenters. The summed E-state index contributed by atoms with van der Waals surface area (Å²) < 4.78 is 6.32. The van der Waals surface area contributed by atoms with E-state index in [0.717, 1.165) is 25.2 Å². The van der Waals surface area contributed by atoms with E-state index >= 15 is 0 Å². The van der Waals surface area contributed by atoms with Crippen molar-refractivity contribution in [3.63, 3.8) is 0 Å². The van der Waals surface area contributed by atoms with Crippen molar-refractivity contribution in [2.75, 3.05) is 0 Å². The van der Waals surface area contributed by atoms with Crippen LogP contribution in [0.2, 0.25) is 0 Å². The molecule has 124 valence electrons. The van der Waals surface area contributed by atoms with E-state index in [1.165, 1.54) is 19.3 Å². The Hall–Kier alpha value is -0.0800. The molecule has 0 amide bonds. The highest BCUT2D eigenvalue weighted by Crippen LogP contribution is 2.51. The van der Waals surface area contributed by atoms with Gasteiger partial charge in [0.15, 0.2) is 0 Å². The second-order valence-electron chi connectivity index (χ2n) is 9.95. The van der Waals surface area contributed by atoms with Crippen molar-refractivity contribution in [2.24, 2.45) is 23.0 Å². The lowest BCUT2D eigenvalue weighted by Gasteiger charge is -2.41. The summed E-state index contributed by atoms with van der Waals surface area (Å²) in [6.07, 6.45) is 7.28. The zero-order chi connectivity index (χ0) is 16.1. The highest BCUT2D eigenvalue weighted by Gasteiger charge is 2.54. The van der Waals surface area contributed by atoms with E-state index < -0.39 is 0 Å². The zero-order valence-corrected chi connectivity index (χ0v) is 15.4. The van der Waals surface area contributed by atoms with Crippen molar-refractivity contribution in [2.45, 2.75) is 104 Å². The van der Waals surface area contributed by atoms with Crippen LogP contribution in [0.1, 0.15) is 87.0 Å². The molecule has 0 bridgehead atoms. The third-order valence-corrected chi connectivity index (χ3v) is 6.15. The van der Waals surface area contributed by atoms with Gasteiger partial charge in [-0.1, -0.05) is 27.2 Å². The van der Waals surface area contributed by atoms with E-state index in [4.69, 9.17) is 10.5 Å². The van der Waals surface area contributed by atoms with E-state index in [0.29, 0.717) is 11.3 Å². The van der Waals surface area contributed by atoms with E-state index in [9.17, 15) is 0 Å². The molecular formula is C19H37NO. The summed E-state index contributed by atoms with van der Waals surface area (Å²) in [5, 5.41) is 0. The second-order valence-corrected chi connectivity index (χ2v) is 9.95. The number of rotatable bonds is 1. The molecule has 1 aliphatic carbocycles. The van der Waals surface area contributed by atoms with Crippen LogP contribution in [0.5, 0.6) is 0 Å². The predicted molar refractivity (Wildman–Crippen MR) is 90.3 cm³/mol. The number of nitrogens with two attached hydrogens (primary N) is 1. The molecule has 1 saturated heterocycles. The molecule has 1 aliphatic heterocycles. The van der Waals surface area contributed by atoms with Gasteiger partial charge < -0.3 is 10.5 Å². The van der Waals surface area contributed by atoms with Gasteiger partial charge in [0, 0.05) is 11.5 Å². The molecule has 2 heteroatoms. The Morgan fingerprint density at radius 2 is 1.62 bits per heavy atom. The minimum Gasteiger partial charge on any atom is -0.369 e. The Balaban J connectivity index is 2.16. The Kier molecular flexibility index (Phi) is 4.30. The second kappa shape index (κ2) is 5.23. The van der Waals surface area contributed by atoms with Gasteiger partial charge >= 0.3 is 0 Å². The molecular weight excluding hydrogens is 258 g/mol. The van der Waals surface area contributed by atoms with Gasteiger partial charge in [0.25, 0.3) is 0 Å². The lowest BCUT2D eigenvalue weighted by atomic mass is 9.69. The number of ether oxygens (including phenoxy) is 1. The minimum atomic E-state index is -0.0974. The fraction of sp³-hybridized carbons (Fsp3) is 1.00. The van der Waals surface area contributed by atoms with Gasteiger partial charge in [-0.05, 0) is 71.1 Å². The first-order valence-corrected chi connectivity index (χ1v) is 8.85. The molecule has 0 aromatic carbocycles. The highest BCUT2D eigenvalue weighted by molar-refractivity contribution is 5.07. The third-order valence-electron chi connectivity index (χ3n) is 6.15. The summed E-state index contributed by atoms with van der Waals surface area (Å²) in [6, 6.07) is 0. The van der Waals surface area contributed by atoms with Crippen LogP contribution >= 0.6 is 0 Å². The predicted octanol–water partition coefficient (Wildman–Crippen LogP) is 4.90. The van der Waals surface area contributed by atoms with Crippen LogP contribution in [-0.2, 0) is 4.74 Å². The first kappa shape index (κ1) is 17.3. The summed E-state index contributed by atoms with van der Waals surface area (Å²) in [7, 11) is 0. The molecule has 2 rings (SSSR count). The zero-order valence-electron chi connectivity index (χ0n) is 15.4. The quantitative estimate of drug-likeness (QED) is 0.698. The van der Waals surface area contributed by atoms with Crippen molar-refractivity contribution >= 4 is 0 Å². The van der Waals surface area contributed by atoms with Gasteiger partial charge in [-0.15, -0.1) is 0 Å². The van der Waals surface area contributed by atoms with Crippen molar-refractivity contribution in [1.82, 2.24) is 0 Å². The Bertz CT molecular complexity index is 380. The lowest BCUT2D eigenvalue weighted by Crippen LogP contribution is -2.53. The van der Waals surface area contributed by atoms with Gasteiger partial charge in [-0.25, -0.2) is 0 Å². The molecule has 21 heavy (non-hydrogen) atoms. The van der Waals surface area contributed by atoms with E-state index in [-0.39, 0.29) is 16.7 Å². The molecule has 2 N–H and O–H groups in total. The van der Waals surface area contributed by atoms with Crippen LogP contribution < -0.4 is 5.73 Å². The maximum atomic E-state index is 6.99. The first-order valence-electron chi connectivity index (χ1n) is 8.85. The van der Waals surface area contributed by atoms with E-state index in [2.05, 4.69) is 48.5 Å². The Morgan fingerprint density at radius 1 is 1.00 bits per heavy atom. The maximum Gasteiger partial charge on any atom is 0.0680 e. The lowest BCUT2D eigenvalue weighted by molar-refractivity contribution is -0.0828. The third kappa shape index (κ3) is 3.64. The van der Waals surface area contributed by atoms with Gasteiger partial charge in [-0.2, -0.15) is 0 Å². The van der Waals surface area contributed by atoms with Gasteiger partial charge in [0.05, 0.1) is 11.2 Å². The van der Waals surface area contributed by atoms with Crippen molar-refractivity contribution in [1.29, 1.82) is 0 Å². The molecule has 0 spiro atoms. The molecule has 2 aliphatic rings. The Morgan fingerprint density at radius 3 is 2.10 bits per heavy atom. The molecule has 0 aromatic rings. The summed E-state index contributed by atoms with van der Waals surface area (Å²) in [6.45, 7) is 16.1. The van der Waals surface area contributed by atoms with Crippen LogP contribution in [0.25, 0.3) is 0 Å². The molecule has 1 saturated carbocycles. The monoisotopic (exact) mass is 295 g/mol. The average Bonchev–Trinajstić information content (AvgIpc) is 2.45. The molecule has 0 aromatic heterocycles. The molecule has 1 heterocycles. The average molecular weight is 296 g/mol. The van der Waals surface area contributed by atoms with Crippen LogP contribution in [0.3, 0.4) is 0 Å². The largest absolute Gasteiger partial charge is 0.369 e. The summed E-state index contributed by atoms with van der Waals surface area (Å²) in [5.74, 6) is 1.28. The Labute approximate surface area is 132 Å². The van der Waals surface area contributed by atoms with Gasteiger partial charge in [-0.3, -0.25) is 0 Å². The minimum absolute atomic E-state index is 0.0315. The molecule has 2 nitrogen and oxygen atoms in total. The number of hydrogen-bond acceptors (Lipinski definition) is 2. The van der Waals surface area contributed by atoms with E-state index in [1.54, 1.807) is 0 Å². The summed E-state index contributed by atoms with van der Waals surface area (Å²) in [5.41, 5.74) is 7.22. The van der Waals surface area contributed by atoms with Crippen molar-refractivity contribution in [3.8, 4) is 0 Å². The summed E-state index contributed by atoms with van der Waals surface area (Å²) in [4.78, 5) is 0. The van der Waals surface area contributed by atoms with Crippen LogP contribution in [0.4, 0.5) is 0 Å². The molecule has 0 radical (unpaired) electrons. The van der Waals surface area contributed by atoms with Crippen molar-refractivity contribution < 1.29 is 4.74 Å². The normalized spacial score (nSPS) is 40.0. The first-order chi connectivity index (χ1) is 9.36. The standard InChI is InChI=1S/C19H37NO/c1-16(2,3)14-9-8-11-19(20,12-10-14)15-13-17(4,5)21-18(15,6)7/h14-15H,8-13,20H2,1-7H3. The molecule has 3 unspecified atom stereocenters. The molecule has 2 fully saturated rings. The van der Waals surface area contributed by atoms with Gasteiger partial charge in [0.2, 0.25) is 0 Å². The van der Waals surface area contributed by atoms with Crippen LogP contribution in [0, 0.1) is 17.3 Å².